The van der Waals surface area contributed by atoms with E-state index in [1.54, 1.807) is 30.2 Å². The van der Waals surface area contributed by atoms with Gasteiger partial charge in [-0.05, 0) is 25.3 Å². The Morgan fingerprint density at radius 2 is 1.80 bits per heavy atom. The smallest absolute Gasteiger partial charge is 0.375 e. The highest BCUT2D eigenvalue weighted by molar-refractivity contribution is 5.16. The molecule has 1 aliphatic rings. The molecule has 6 heteroatoms. The van der Waals surface area contributed by atoms with Crippen molar-refractivity contribution in [3.05, 3.63) is 36.6 Å². The molecule has 114 valence electrons. The minimum absolute atomic E-state index is 0.248. The van der Waals surface area contributed by atoms with Crippen molar-refractivity contribution >= 4 is 0 Å². The molecule has 0 radical (unpaired) electrons. The third kappa shape index (κ3) is 4.65. The van der Waals surface area contributed by atoms with Crippen molar-refractivity contribution in [3.63, 3.8) is 0 Å². The van der Waals surface area contributed by atoms with Crippen LogP contribution in [0.25, 0.3) is 0 Å². The van der Waals surface area contributed by atoms with Crippen molar-refractivity contribution in [2.75, 3.05) is 7.05 Å². The van der Waals surface area contributed by atoms with Gasteiger partial charge in [0.2, 0.25) is 0 Å². The van der Waals surface area contributed by atoms with E-state index in [-0.39, 0.29) is 12.5 Å². The minimum Gasteiger partial charge on any atom is -0.375 e. The molecule has 1 aliphatic carbocycles. The summed E-state index contributed by atoms with van der Waals surface area (Å²) in [5.41, 5.74) is 0.481. The summed E-state index contributed by atoms with van der Waals surface area (Å²) in [6, 6.07) is 0.248. The molecule has 1 saturated carbocycles. The minimum atomic E-state index is -5.49. The first-order chi connectivity index (χ1) is 9.19. The van der Waals surface area contributed by atoms with Gasteiger partial charge in [-0.25, -0.2) is 0 Å². The van der Waals surface area contributed by atoms with Crippen LogP contribution in [0.3, 0.4) is 0 Å². The zero-order chi connectivity index (χ0) is 15.4. The van der Waals surface area contributed by atoms with Gasteiger partial charge >= 0.3 is 12.1 Å². The van der Waals surface area contributed by atoms with Crippen LogP contribution >= 0.6 is 0 Å². The maximum Gasteiger partial charge on any atom is 0.453 e. The first-order valence-electron chi connectivity index (χ1n) is 6.34. The van der Waals surface area contributed by atoms with Crippen LogP contribution in [0.4, 0.5) is 22.0 Å². The normalized spacial score (nSPS) is 17.6. The summed E-state index contributed by atoms with van der Waals surface area (Å²) in [7, 11) is 1.72. The Kier molecular flexibility index (Phi) is 5.36. The molecule has 0 bridgehead atoms. The summed E-state index contributed by atoms with van der Waals surface area (Å²) >= 11 is 0. The van der Waals surface area contributed by atoms with E-state index in [0.717, 1.165) is 12.8 Å². The summed E-state index contributed by atoms with van der Waals surface area (Å²) in [6.45, 7) is 3.47. The SMILES string of the molecule is C=C/C=C\C=C(\CCC(F)(F)C(F)(F)F)N(C)C1CC1. The Hall–Kier alpha value is -1.33. The number of hydrogen-bond donors (Lipinski definition) is 0. The molecule has 0 atom stereocenters. The van der Waals surface area contributed by atoms with Crippen LogP contribution in [0.2, 0.25) is 0 Å². The molecule has 1 rings (SSSR count). The first-order valence-corrected chi connectivity index (χ1v) is 6.34. The molecular formula is C14H18F5N. The van der Waals surface area contributed by atoms with Crippen LogP contribution in [0, 0.1) is 0 Å². The lowest BCUT2D eigenvalue weighted by molar-refractivity contribution is -0.284. The van der Waals surface area contributed by atoms with Crippen molar-refractivity contribution < 1.29 is 22.0 Å². The second-order valence-corrected chi connectivity index (χ2v) is 4.82. The molecule has 0 aromatic rings. The van der Waals surface area contributed by atoms with Gasteiger partial charge in [0.15, 0.2) is 0 Å². The zero-order valence-electron chi connectivity index (χ0n) is 11.3. The van der Waals surface area contributed by atoms with E-state index in [1.165, 1.54) is 6.08 Å². The van der Waals surface area contributed by atoms with Crippen molar-refractivity contribution in [2.24, 2.45) is 0 Å². The van der Waals surface area contributed by atoms with E-state index in [1.807, 2.05) is 0 Å². The number of nitrogens with zero attached hydrogens (tertiary/aromatic N) is 1. The van der Waals surface area contributed by atoms with Crippen LogP contribution in [0.5, 0.6) is 0 Å². The Labute approximate surface area is 115 Å². The van der Waals surface area contributed by atoms with Crippen molar-refractivity contribution in [2.45, 2.75) is 43.8 Å². The third-order valence-corrected chi connectivity index (χ3v) is 3.19. The maximum absolute atomic E-state index is 13.0. The van der Waals surface area contributed by atoms with Crippen molar-refractivity contribution in [1.29, 1.82) is 0 Å². The molecule has 0 aromatic carbocycles. The predicted molar refractivity (Wildman–Crippen MR) is 68.4 cm³/mol. The standard InChI is InChI=1S/C14H18F5N/c1-3-4-5-6-11(20(2)12-7-8-12)9-10-13(15,16)14(17,18)19/h3-6,12H,1,7-10H2,2H3/b5-4-,11-6-. The Morgan fingerprint density at radius 1 is 1.20 bits per heavy atom. The average Bonchev–Trinajstić information content (AvgIpc) is 3.15. The Bertz CT molecular complexity index is 391. The Morgan fingerprint density at radius 3 is 2.25 bits per heavy atom. The van der Waals surface area contributed by atoms with Crippen LogP contribution < -0.4 is 0 Å². The molecule has 0 spiro atoms. The van der Waals surface area contributed by atoms with Gasteiger partial charge in [-0.1, -0.05) is 24.8 Å². The van der Waals surface area contributed by atoms with E-state index in [0.29, 0.717) is 5.70 Å². The van der Waals surface area contributed by atoms with Crippen LogP contribution in [0.15, 0.2) is 36.6 Å². The van der Waals surface area contributed by atoms with Crippen molar-refractivity contribution in [3.8, 4) is 0 Å². The number of rotatable bonds is 7. The monoisotopic (exact) mass is 295 g/mol. The topological polar surface area (TPSA) is 3.24 Å². The molecule has 0 aliphatic heterocycles. The molecule has 0 heterocycles. The first kappa shape index (κ1) is 16.7. The molecule has 1 nitrogen and oxygen atoms in total. The van der Waals surface area contributed by atoms with E-state index >= 15 is 0 Å². The lowest BCUT2D eigenvalue weighted by Crippen LogP contribution is -2.36. The van der Waals surface area contributed by atoms with E-state index < -0.39 is 18.5 Å². The van der Waals surface area contributed by atoms with E-state index in [9.17, 15) is 22.0 Å². The number of alkyl halides is 5. The van der Waals surface area contributed by atoms with Crippen LogP contribution in [0.1, 0.15) is 25.7 Å². The fourth-order valence-electron chi connectivity index (χ4n) is 1.75. The lowest BCUT2D eigenvalue weighted by atomic mass is 10.1. The molecule has 0 saturated heterocycles. The van der Waals surface area contributed by atoms with Gasteiger partial charge in [0, 0.05) is 25.2 Å². The number of hydrogen-bond acceptors (Lipinski definition) is 1. The van der Waals surface area contributed by atoms with Gasteiger partial charge in [0.25, 0.3) is 0 Å². The summed E-state index contributed by atoms with van der Waals surface area (Å²) < 4.78 is 62.4. The molecule has 0 aromatic heterocycles. The second kappa shape index (κ2) is 6.41. The van der Waals surface area contributed by atoms with Crippen LogP contribution in [-0.4, -0.2) is 30.1 Å². The van der Waals surface area contributed by atoms with E-state index in [2.05, 4.69) is 6.58 Å². The molecular weight excluding hydrogens is 277 g/mol. The molecule has 0 amide bonds. The number of allylic oxidation sites excluding steroid dienone is 5. The van der Waals surface area contributed by atoms with Gasteiger partial charge in [-0.2, -0.15) is 22.0 Å². The highest BCUT2D eigenvalue weighted by Crippen LogP contribution is 2.40. The molecule has 1 fully saturated rings. The van der Waals surface area contributed by atoms with Gasteiger partial charge in [-0.3, -0.25) is 0 Å². The van der Waals surface area contributed by atoms with Crippen LogP contribution in [-0.2, 0) is 0 Å². The highest BCUT2D eigenvalue weighted by Gasteiger charge is 2.56. The van der Waals surface area contributed by atoms with Gasteiger partial charge in [0.05, 0.1) is 0 Å². The van der Waals surface area contributed by atoms with Gasteiger partial charge < -0.3 is 4.90 Å². The quantitative estimate of drug-likeness (QED) is 0.487. The Balaban J connectivity index is 2.72. The molecule has 0 N–H and O–H groups in total. The second-order valence-electron chi connectivity index (χ2n) is 4.82. The fraction of sp³-hybridized carbons (Fsp3) is 0.571. The summed E-state index contributed by atoms with van der Waals surface area (Å²) in [5, 5.41) is 0. The highest BCUT2D eigenvalue weighted by atomic mass is 19.4. The predicted octanol–water partition coefficient (Wildman–Crippen LogP) is 4.68. The molecule has 20 heavy (non-hydrogen) atoms. The maximum atomic E-state index is 13.0. The van der Waals surface area contributed by atoms with Crippen molar-refractivity contribution in [1.82, 2.24) is 4.90 Å². The summed E-state index contributed by atoms with van der Waals surface area (Å²) in [5.74, 6) is -4.65. The van der Waals surface area contributed by atoms with Gasteiger partial charge in [-0.15, -0.1) is 0 Å². The summed E-state index contributed by atoms with van der Waals surface area (Å²) in [4.78, 5) is 1.78. The molecule has 0 unspecified atom stereocenters. The summed E-state index contributed by atoms with van der Waals surface area (Å²) in [6.07, 6.45) is 1.09. The average molecular weight is 295 g/mol. The number of halogens is 5. The fourth-order valence-corrected chi connectivity index (χ4v) is 1.75. The van der Waals surface area contributed by atoms with E-state index in [4.69, 9.17) is 0 Å². The lowest BCUT2D eigenvalue weighted by Gasteiger charge is -2.25. The van der Waals surface area contributed by atoms with Gasteiger partial charge in [0.1, 0.15) is 0 Å². The zero-order valence-corrected chi connectivity index (χ0v) is 11.3. The third-order valence-electron chi connectivity index (χ3n) is 3.19. The largest absolute Gasteiger partial charge is 0.453 e.